The molecule has 0 aliphatic heterocycles. The summed E-state index contributed by atoms with van der Waals surface area (Å²) in [5.74, 6) is 0.514. The third-order valence-electron chi connectivity index (χ3n) is 3.87. The molecule has 0 spiro atoms. The summed E-state index contributed by atoms with van der Waals surface area (Å²) in [6, 6.07) is 8.57. The first kappa shape index (κ1) is 17.0. The van der Waals surface area contributed by atoms with Crippen molar-refractivity contribution >= 4 is 34.8 Å². The first-order valence-electron chi connectivity index (χ1n) is 7.76. The van der Waals surface area contributed by atoms with E-state index in [-0.39, 0.29) is 17.6 Å². The van der Waals surface area contributed by atoms with Crippen LogP contribution in [-0.2, 0) is 6.54 Å². The number of aromatic nitrogens is 3. The normalized spacial score (nSPS) is 11.2. The number of halogens is 1. The minimum Gasteiger partial charge on any atom is -0.465 e. The summed E-state index contributed by atoms with van der Waals surface area (Å²) < 4.78 is 1.50. The van der Waals surface area contributed by atoms with E-state index in [0.717, 1.165) is 11.1 Å². The van der Waals surface area contributed by atoms with Crippen LogP contribution < -0.4 is 10.6 Å². The lowest BCUT2D eigenvalue weighted by Crippen LogP contribution is -2.30. The monoisotopic (exact) mass is 359 g/mol. The molecule has 0 radical (unpaired) electrons. The Morgan fingerprint density at radius 3 is 2.80 bits per heavy atom. The van der Waals surface area contributed by atoms with Crippen molar-refractivity contribution in [3.8, 4) is 0 Å². The van der Waals surface area contributed by atoms with Gasteiger partial charge in [-0.25, -0.2) is 9.78 Å². The molecule has 3 rings (SSSR count). The molecule has 3 aromatic rings. The molecule has 0 unspecified atom stereocenters. The topological polar surface area (TPSA) is 96.8 Å². The molecule has 2 heterocycles. The Labute approximate surface area is 149 Å². The fraction of sp³-hybridized carbons (Fsp3) is 0.235. The second kappa shape index (κ2) is 6.60. The fourth-order valence-corrected chi connectivity index (χ4v) is 2.83. The molecule has 2 aromatic heterocycles. The molecule has 0 saturated carbocycles. The van der Waals surface area contributed by atoms with Gasteiger partial charge in [0.05, 0.1) is 12.7 Å². The second-order valence-corrected chi connectivity index (χ2v) is 6.43. The molecule has 0 aliphatic carbocycles. The number of amides is 1. The molecule has 25 heavy (non-hydrogen) atoms. The lowest BCUT2D eigenvalue weighted by atomic mass is 10.1. The van der Waals surface area contributed by atoms with Gasteiger partial charge in [0.25, 0.3) is 0 Å². The number of anilines is 2. The Morgan fingerprint density at radius 1 is 1.40 bits per heavy atom. The molecular weight excluding hydrogens is 342 g/mol. The van der Waals surface area contributed by atoms with Gasteiger partial charge in [0, 0.05) is 17.3 Å². The summed E-state index contributed by atoms with van der Waals surface area (Å²) in [7, 11) is 0. The van der Waals surface area contributed by atoms with Gasteiger partial charge in [0.1, 0.15) is 11.0 Å². The quantitative estimate of drug-likeness (QED) is 0.546. The second-order valence-electron chi connectivity index (χ2n) is 6.04. The maximum Gasteiger partial charge on any atom is 0.413 e. The summed E-state index contributed by atoms with van der Waals surface area (Å²) in [6.07, 6.45) is 0.570. The summed E-state index contributed by atoms with van der Waals surface area (Å²) in [4.78, 5) is 17.4. The number of hydrogen-bond donors (Lipinski definition) is 2. The molecule has 0 atom stereocenters. The van der Waals surface area contributed by atoms with Gasteiger partial charge in [0.15, 0.2) is 5.65 Å². The third kappa shape index (κ3) is 3.36. The number of fused-ring (bicyclic) bond motifs is 1. The molecule has 0 saturated heterocycles. The van der Waals surface area contributed by atoms with Crippen LogP contribution in [0.5, 0.6) is 0 Å². The van der Waals surface area contributed by atoms with Crippen LogP contribution in [0.25, 0.3) is 5.65 Å². The van der Waals surface area contributed by atoms with Gasteiger partial charge in [-0.3, -0.25) is 4.90 Å². The van der Waals surface area contributed by atoms with Crippen LogP contribution in [0.3, 0.4) is 0 Å². The van der Waals surface area contributed by atoms with Crippen LogP contribution in [0.4, 0.5) is 16.3 Å². The van der Waals surface area contributed by atoms with Crippen LogP contribution in [0.2, 0.25) is 5.15 Å². The lowest BCUT2D eigenvalue weighted by molar-refractivity contribution is 0.201. The standard InChI is InChI=1S/C17H18ClN5O2/c1-10(2)13-8-20-23-15(7-14(18)21-16(13)23)22(17(24)25)9-11-4-3-5-12(19)6-11/h3-8,10H,9,19H2,1-2H3,(H,24,25). The Balaban J connectivity index is 2.12. The molecule has 8 heteroatoms. The number of benzene rings is 1. The van der Waals surface area contributed by atoms with Crippen molar-refractivity contribution in [1.82, 2.24) is 14.6 Å². The van der Waals surface area contributed by atoms with Crippen LogP contribution in [0.1, 0.15) is 30.9 Å². The molecule has 130 valence electrons. The van der Waals surface area contributed by atoms with Gasteiger partial charge < -0.3 is 10.8 Å². The number of nitrogens with two attached hydrogens (primary N) is 1. The number of rotatable bonds is 4. The number of hydrogen-bond acceptors (Lipinski definition) is 4. The Hall–Kier alpha value is -2.80. The van der Waals surface area contributed by atoms with Crippen LogP contribution in [0.15, 0.2) is 36.5 Å². The van der Waals surface area contributed by atoms with Crippen LogP contribution in [-0.4, -0.2) is 25.8 Å². The number of nitrogen functional groups attached to an aromatic ring is 1. The van der Waals surface area contributed by atoms with Crippen molar-refractivity contribution < 1.29 is 9.90 Å². The van der Waals surface area contributed by atoms with E-state index in [9.17, 15) is 9.90 Å². The average molecular weight is 360 g/mol. The molecule has 1 amide bonds. The van der Waals surface area contributed by atoms with Gasteiger partial charge in [-0.2, -0.15) is 9.61 Å². The van der Waals surface area contributed by atoms with E-state index < -0.39 is 6.09 Å². The maximum atomic E-state index is 11.9. The molecule has 0 fully saturated rings. The van der Waals surface area contributed by atoms with Gasteiger partial charge >= 0.3 is 6.09 Å². The van der Waals surface area contributed by atoms with Gasteiger partial charge in [0.2, 0.25) is 0 Å². The Kier molecular flexibility index (Phi) is 4.50. The van der Waals surface area contributed by atoms with E-state index >= 15 is 0 Å². The van der Waals surface area contributed by atoms with Crippen LogP contribution >= 0.6 is 11.6 Å². The zero-order valence-corrected chi connectivity index (χ0v) is 14.6. The Bertz CT molecular complexity index is 938. The number of carbonyl (C=O) groups is 1. The van der Waals surface area contributed by atoms with E-state index in [1.807, 2.05) is 19.9 Å². The lowest BCUT2D eigenvalue weighted by Gasteiger charge is -2.20. The Morgan fingerprint density at radius 2 is 2.16 bits per heavy atom. The molecule has 3 N–H and O–H groups in total. The zero-order chi connectivity index (χ0) is 18.1. The highest BCUT2D eigenvalue weighted by atomic mass is 35.5. The smallest absolute Gasteiger partial charge is 0.413 e. The maximum absolute atomic E-state index is 11.9. The number of nitrogens with zero attached hydrogens (tertiary/aromatic N) is 4. The predicted octanol–water partition coefficient (Wildman–Crippen LogP) is 3.77. The largest absolute Gasteiger partial charge is 0.465 e. The van der Waals surface area contributed by atoms with Gasteiger partial charge in [-0.15, -0.1) is 0 Å². The third-order valence-corrected chi connectivity index (χ3v) is 4.06. The van der Waals surface area contributed by atoms with Crippen molar-refractivity contribution in [2.75, 3.05) is 10.6 Å². The van der Waals surface area contributed by atoms with Gasteiger partial charge in [-0.1, -0.05) is 37.6 Å². The van der Waals surface area contributed by atoms with Crippen LogP contribution in [0, 0.1) is 0 Å². The minimum atomic E-state index is -1.12. The first-order chi connectivity index (χ1) is 11.9. The van der Waals surface area contributed by atoms with E-state index in [1.54, 1.807) is 24.4 Å². The highest BCUT2D eigenvalue weighted by molar-refractivity contribution is 6.29. The summed E-state index contributed by atoms with van der Waals surface area (Å²) in [5, 5.41) is 14.2. The van der Waals surface area contributed by atoms with E-state index in [4.69, 9.17) is 17.3 Å². The summed E-state index contributed by atoms with van der Waals surface area (Å²) in [6.45, 7) is 4.15. The molecule has 0 aliphatic rings. The van der Waals surface area contributed by atoms with E-state index in [0.29, 0.717) is 17.2 Å². The molecule has 1 aromatic carbocycles. The fourth-order valence-electron chi connectivity index (χ4n) is 2.66. The summed E-state index contributed by atoms with van der Waals surface area (Å²) >= 11 is 6.14. The molecular formula is C17H18ClN5O2. The highest BCUT2D eigenvalue weighted by Gasteiger charge is 2.22. The molecule has 0 bridgehead atoms. The van der Waals surface area contributed by atoms with Crippen molar-refractivity contribution in [1.29, 1.82) is 0 Å². The van der Waals surface area contributed by atoms with Gasteiger partial charge in [-0.05, 0) is 23.6 Å². The van der Waals surface area contributed by atoms with Crippen molar-refractivity contribution in [3.63, 3.8) is 0 Å². The first-order valence-corrected chi connectivity index (χ1v) is 8.13. The minimum absolute atomic E-state index is 0.118. The number of carboxylic acid groups (broad SMARTS) is 1. The molecule has 7 nitrogen and oxygen atoms in total. The van der Waals surface area contributed by atoms with E-state index in [1.165, 1.54) is 15.5 Å². The highest BCUT2D eigenvalue weighted by Crippen LogP contribution is 2.27. The predicted molar refractivity (Wildman–Crippen MR) is 97.1 cm³/mol. The average Bonchev–Trinajstić information content (AvgIpc) is 2.95. The van der Waals surface area contributed by atoms with Crippen molar-refractivity contribution in [2.45, 2.75) is 26.3 Å². The van der Waals surface area contributed by atoms with Crippen molar-refractivity contribution in [3.05, 3.63) is 52.8 Å². The SMILES string of the molecule is CC(C)c1cnn2c(N(Cc3cccc(N)c3)C(=O)O)cc(Cl)nc12. The van der Waals surface area contributed by atoms with E-state index in [2.05, 4.69) is 10.1 Å². The summed E-state index contributed by atoms with van der Waals surface area (Å²) in [5.41, 5.74) is 8.57. The zero-order valence-electron chi connectivity index (χ0n) is 13.8. The van der Waals surface area contributed by atoms with Crippen molar-refractivity contribution in [2.24, 2.45) is 0 Å².